The van der Waals surface area contributed by atoms with Gasteiger partial charge in [-0.3, -0.25) is 4.79 Å². The molecule has 5 nitrogen and oxygen atoms in total. The molecule has 6 heteroatoms. The van der Waals surface area contributed by atoms with Gasteiger partial charge in [0.2, 0.25) is 0 Å². The molecule has 0 N–H and O–H groups in total. The van der Waals surface area contributed by atoms with Crippen molar-refractivity contribution in [3.8, 4) is 0 Å². The first-order chi connectivity index (χ1) is 10.2. The van der Waals surface area contributed by atoms with Gasteiger partial charge in [0, 0.05) is 10.9 Å². The van der Waals surface area contributed by atoms with Gasteiger partial charge in [-0.15, -0.1) is 11.3 Å². The van der Waals surface area contributed by atoms with E-state index in [1.54, 1.807) is 12.1 Å². The molecule has 0 saturated heterocycles. The minimum Gasteiger partial charge on any atom is -0.465 e. The maximum atomic E-state index is 12.1. The molecule has 1 aliphatic rings. The largest absolute Gasteiger partial charge is 0.465 e. The third kappa shape index (κ3) is 2.90. The number of rotatable bonds is 3. The fourth-order valence-corrected chi connectivity index (χ4v) is 3.44. The van der Waals surface area contributed by atoms with Gasteiger partial charge in [0.25, 0.3) is 5.56 Å². The summed E-state index contributed by atoms with van der Waals surface area (Å²) in [6.45, 7) is 0.397. The number of nitrogens with zero attached hydrogens (tertiary/aromatic N) is 2. The summed E-state index contributed by atoms with van der Waals surface area (Å²) < 4.78 is 6.17. The van der Waals surface area contributed by atoms with Gasteiger partial charge in [0.05, 0.1) is 19.3 Å². The summed E-state index contributed by atoms with van der Waals surface area (Å²) in [5, 5.41) is 4.48. The molecule has 0 aliphatic heterocycles. The van der Waals surface area contributed by atoms with Crippen LogP contribution in [0.3, 0.4) is 0 Å². The van der Waals surface area contributed by atoms with Gasteiger partial charge < -0.3 is 4.74 Å². The molecule has 2 aromatic rings. The van der Waals surface area contributed by atoms with Crippen molar-refractivity contribution in [3.63, 3.8) is 0 Å². The molecule has 0 aromatic carbocycles. The summed E-state index contributed by atoms with van der Waals surface area (Å²) in [6, 6.07) is 5.26. The minimum atomic E-state index is -0.350. The Labute approximate surface area is 126 Å². The van der Waals surface area contributed by atoms with Crippen molar-refractivity contribution < 1.29 is 9.53 Å². The average Bonchev–Trinajstić information content (AvgIpc) is 2.96. The molecule has 2 aromatic heterocycles. The van der Waals surface area contributed by atoms with Gasteiger partial charge in [0.1, 0.15) is 4.88 Å². The number of aromatic nitrogens is 2. The quantitative estimate of drug-likeness (QED) is 0.814. The number of esters is 1. The van der Waals surface area contributed by atoms with Crippen LogP contribution >= 0.6 is 11.3 Å². The van der Waals surface area contributed by atoms with Crippen LogP contribution in [0.2, 0.25) is 0 Å². The lowest BCUT2D eigenvalue weighted by atomic mass is 9.97. The van der Waals surface area contributed by atoms with Crippen LogP contribution in [0.15, 0.2) is 23.0 Å². The van der Waals surface area contributed by atoms with E-state index in [1.165, 1.54) is 23.1 Å². The van der Waals surface area contributed by atoms with E-state index in [9.17, 15) is 9.59 Å². The van der Waals surface area contributed by atoms with Gasteiger partial charge in [-0.25, -0.2) is 9.48 Å². The summed E-state index contributed by atoms with van der Waals surface area (Å²) in [4.78, 5) is 25.0. The number of thiophene rings is 1. The number of fused-ring (bicyclic) bond motifs is 1. The summed E-state index contributed by atoms with van der Waals surface area (Å²) in [5.41, 5.74) is 2.04. The number of hydrogen-bond donors (Lipinski definition) is 0. The van der Waals surface area contributed by atoms with Crippen molar-refractivity contribution in [2.75, 3.05) is 7.11 Å². The number of carbonyl (C=O) groups excluding carboxylic acids is 1. The highest BCUT2D eigenvalue weighted by atomic mass is 32.1. The van der Waals surface area contributed by atoms with Crippen LogP contribution in [0.4, 0.5) is 0 Å². The van der Waals surface area contributed by atoms with Gasteiger partial charge >= 0.3 is 5.97 Å². The monoisotopic (exact) mass is 304 g/mol. The van der Waals surface area contributed by atoms with Crippen molar-refractivity contribution in [3.05, 3.63) is 49.6 Å². The Hall–Kier alpha value is -1.95. The third-order valence-corrected chi connectivity index (χ3v) is 4.68. The third-order valence-electron chi connectivity index (χ3n) is 3.63. The molecule has 0 bridgehead atoms. The molecule has 0 atom stereocenters. The molecule has 2 heterocycles. The van der Waals surface area contributed by atoms with E-state index in [0.29, 0.717) is 11.4 Å². The van der Waals surface area contributed by atoms with Crippen molar-refractivity contribution in [1.29, 1.82) is 0 Å². The Morgan fingerprint density at radius 2 is 2.19 bits per heavy atom. The number of hydrogen-bond acceptors (Lipinski definition) is 5. The van der Waals surface area contributed by atoms with Crippen molar-refractivity contribution in [1.82, 2.24) is 9.78 Å². The second kappa shape index (κ2) is 5.81. The van der Waals surface area contributed by atoms with Gasteiger partial charge in [-0.2, -0.15) is 5.10 Å². The van der Waals surface area contributed by atoms with E-state index in [2.05, 4.69) is 9.84 Å². The lowest BCUT2D eigenvalue weighted by molar-refractivity contribution is 0.0606. The Balaban J connectivity index is 1.86. The van der Waals surface area contributed by atoms with E-state index in [4.69, 9.17) is 0 Å². The summed E-state index contributed by atoms with van der Waals surface area (Å²) in [7, 11) is 1.36. The SMILES string of the molecule is COC(=O)c1ccc(Cn2nc3c(cc2=O)CCCC3)s1. The Morgan fingerprint density at radius 3 is 3.00 bits per heavy atom. The minimum absolute atomic E-state index is 0.0799. The predicted molar refractivity (Wildman–Crippen MR) is 79.9 cm³/mol. The smallest absolute Gasteiger partial charge is 0.348 e. The standard InChI is InChI=1S/C15H16N2O3S/c1-20-15(19)13-7-6-11(21-13)9-17-14(18)8-10-4-2-3-5-12(10)16-17/h6-8H,2-5,9H2,1H3. The molecule has 110 valence electrons. The van der Waals surface area contributed by atoms with E-state index >= 15 is 0 Å². The number of carbonyl (C=O) groups is 1. The molecule has 0 saturated carbocycles. The van der Waals surface area contributed by atoms with Gasteiger partial charge in [-0.1, -0.05) is 0 Å². The maximum Gasteiger partial charge on any atom is 0.348 e. The molecule has 0 unspecified atom stereocenters. The highest BCUT2D eigenvalue weighted by Gasteiger charge is 2.14. The zero-order valence-electron chi connectivity index (χ0n) is 11.8. The molecule has 1 aliphatic carbocycles. The molecular weight excluding hydrogens is 288 g/mol. The van der Waals surface area contributed by atoms with Crippen LogP contribution in [0.25, 0.3) is 0 Å². The second-order valence-electron chi connectivity index (χ2n) is 5.08. The summed E-state index contributed by atoms with van der Waals surface area (Å²) >= 11 is 1.33. The summed E-state index contributed by atoms with van der Waals surface area (Å²) in [5.74, 6) is -0.350. The summed E-state index contributed by atoms with van der Waals surface area (Å²) in [6.07, 6.45) is 4.15. The van der Waals surface area contributed by atoms with Crippen LogP contribution < -0.4 is 5.56 Å². The van der Waals surface area contributed by atoms with Crippen LogP contribution in [0.5, 0.6) is 0 Å². The molecule has 0 fully saturated rings. The molecule has 3 rings (SSSR count). The van der Waals surface area contributed by atoms with E-state index in [1.807, 2.05) is 6.07 Å². The number of ether oxygens (including phenoxy) is 1. The topological polar surface area (TPSA) is 61.2 Å². The van der Waals surface area contributed by atoms with Crippen LogP contribution in [-0.2, 0) is 24.1 Å². The Kier molecular flexibility index (Phi) is 3.88. The van der Waals surface area contributed by atoms with Crippen LogP contribution in [0, 0.1) is 0 Å². The molecule has 21 heavy (non-hydrogen) atoms. The van der Waals surface area contributed by atoms with Crippen molar-refractivity contribution in [2.45, 2.75) is 32.2 Å². The highest BCUT2D eigenvalue weighted by molar-refractivity contribution is 7.13. The number of methoxy groups -OCH3 is 1. The maximum absolute atomic E-state index is 12.1. The predicted octanol–water partition coefficient (Wildman–Crippen LogP) is 2.02. The lowest BCUT2D eigenvalue weighted by Gasteiger charge is -2.15. The van der Waals surface area contributed by atoms with Crippen LogP contribution in [-0.4, -0.2) is 22.9 Å². The van der Waals surface area contributed by atoms with E-state index < -0.39 is 0 Å². The second-order valence-corrected chi connectivity index (χ2v) is 6.25. The normalized spacial score (nSPS) is 13.8. The zero-order chi connectivity index (χ0) is 14.8. The molecule has 0 amide bonds. The molecule has 0 spiro atoms. The first-order valence-corrected chi connectivity index (χ1v) is 7.76. The van der Waals surface area contributed by atoms with Crippen molar-refractivity contribution in [2.24, 2.45) is 0 Å². The van der Waals surface area contributed by atoms with E-state index in [-0.39, 0.29) is 11.5 Å². The average molecular weight is 304 g/mol. The lowest BCUT2D eigenvalue weighted by Crippen LogP contribution is -2.26. The fraction of sp³-hybridized carbons (Fsp3) is 0.400. The first-order valence-electron chi connectivity index (χ1n) is 6.94. The Morgan fingerprint density at radius 1 is 1.38 bits per heavy atom. The number of aryl methyl sites for hydroxylation is 2. The van der Waals surface area contributed by atoms with Gasteiger partial charge in [0.15, 0.2) is 0 Å². The van der Waals surface area contributed by atoms with Crippen molar-refractivity contribution >= 4 is 17.3 Å². The molecular formula is C15H16N2O3S. The fourth-order valence-electron chi connectivity index (χ4n) is 2.54. The highest BCUT2D eigenvalue weighted by Crippen LogP contribution is 2.19. The van der Waals surface area contributed by atoms with Crippen LogP contribution in [0.1, 0.15) is 38.6 Å². The van der Waals surface area contributed by atoms with E-state index in [0.717, 1.165) is 41.8 Å². The zero-order valence-corrected chi connectivity index (χ0v) is 12.6. The molecule has 0 radical (unpaired) electrons. The first kappa shape index (κ1) is 14.0. The Bertz CT molecular complexity index is 733. The van der Waals surface area contributed by atoms with Gasteiger partial charge in [-0.05, 0) is 43.4 Å².